The van der Waals surface area contributed by atoms with Gasteiger partial charge in [0.05, 0.1) is 31.1 Å². The van der Waals surface area contributed by atoms with E-state index in [9.17, 15) is 19.8 Å². The zero-order valence-electron chi connectivity index (χ0n) is 20.9. The van der Waals surface area contributed by atoms with E-state index in [-0.39, 0.29) is 37.9 Å². The van der Waals surface area contributed by atoms with Crippen LogP contribution < -0.4 is 10.6 Å². The van der Waals surface area contributed by atoms with Gasteiger partial charge in [-0.25, -0.2) is 0 Å². The number of hydrogen-bond acceptors (Lipinski definition) is 8. The highest BCUT2D eigenvalue weighted by Crippen LogP contribution is 2.25. The number of benzene rings is 2. The molecule has 2 amide bonds. The van der Waals surface area contributed by atoms with E-state index in [1.54, 1.807) is 17.4 Å². The minimum Gasteiger partial charge on any atom is -0.392 e. The number of anilines is 2. The molecule has 198 valence electrons. The van der Waals surface area contributed by atoms with Crippen LogP contribution in [-0.4, -0.2) is 32.2 Å². The predicted molar refractivity (Wildman–Crippen MR) is 150 cm³/mol. The van der Waals surface area contributed by atoms with E-state index in [4.69, 9.17) is 0 Å². The maximum Gasteiger partial charge on any atom is 0.230 e. The van der Waals surface area contributed by atoms with Crippen LogP contribution in [-0.2, 0) is 48.5 Å². The monoisotopic (exact) mass is 550 g/mol. The Labute approximate surface area is 229 Å². The highest BCUT2D eigenvalue weighted by molar-refractivity contribution is 7.16. The molecule has 0 saturated heterocycles. The highest BCUT2D eigenvalue weighted by Gasteiger charge is 2.12. The third-order valence-electron chi connectivity index (χ3n) is 5.98. The maximum atomic E-state index is 12.4. The van der Waals surface area contributed by atoms with Crippen molar-refractivity contribution >= 4 is 44.6 Å². The number of nitrogens with one attached hydrogen (secondary N) is 2. The Morgan fingerprint density at radius 3 is 1.89 bits per heavy atom. The Hall–Kier alpha value is -3.44. The first-order chi connectivity index (χ1) is 18.5. The molecule has 0 aliphatic heterocycles. The number of carbonyl (C=O) groups excluding carboxylic acids is 2. The number of rotatable bonds is 13. The van der Waals surface area contributed by atoms with Crippen LogP contribution in [0.5, 0.6) is 0 Å². The van der Waals surface area contributed by atoms with Gasteiger partial charge in [-0.2, -0.15) is 0 Å². The van der Waals surface area contributed by atoms with E-state index in [1.807, 2.05) is 54.6 Å². The van der Waals surface area contributed by atoms with Crippen molar-refractivity contribution in [1.29, 1.82) is 0 Å². The summed E-state index contributed by atoms with van der Waals surface area (Å²) in [7, 11) is 0. The van der Waals surface area contributed by atoms with Gasteiger partial charge >= 0.3 is 0 Å². The molecular formula is C28H30N4O4S2. The van der Waals surface area contributed by atoms with Crippen LogP contribution in [0.2, 0.25) is 0 Å². The summed E-state index contributed by atoms with van der Waals surface area (Å²) in [5, 5.41) is 35.1. The van der Waals surface area contributed by atoms with Crippen molar-refractivity contribution in [2.75, 3.05) is 10.6 Å². The molecule has 0 radical (unpaired) electrons. The van der Waals surface area contributed by atoms with Gasteiger partial charge < -0.3 is 20.8 Å². The van der Waals surface area contributed by atoms with Crippen molar-refractivity contribution in [3.8, 4) is 0 Å². The minimum absolute atomic E-state index is 0.0833. The lowest BCUT2D eigenvalue weighted by Crippen LogP contribution is -2.15. The Morgan fingerprint density at radius 1 is 0.684 bits per heavy atom. The molecule has 0 spiro atoms. The molecule has 4 N–H and O–H groups in total. The summed E-state index contributed by atoms with van der Waals surface area (Å²) in [5.41, 5.74) is 3.13. The Kier molecular flexibility index (Phi) is 10.1. The first-order valence-corrected chi connectivity index (χ1v) is 14.0. The van der Waals surface area contributed by atoms with Gasteiger partial charge in [0.25, 0.3) is 0 Å². The van der Waals surface area contributed by atoms with Gasteiger partial charge in [-0.05, 0) is 53.6 Å². The highest BCUT2D eigenvalue weighted by atomic mass is 32.1. The third-order valence-corrected chi connectivity index (χ3v) is 7.94. The van der Waals surface area contributed by atoms with Crippen molar-refractivity contribution in [2.24, 2.45) is 0 Å². The van der Waals surface area contributed by atoms with Crippen molar-refractivity contribution < 1.29 is 19.8 Å². The van der Waals surface area contributed by atoms with Crippen LogP contribution in [0.15, 0.2) is 60.7 Å². The zero-order valence-corrected chi connectivity index (χ0v) is 22.5. The fraction of sp³-hybridized carbons (Fsp3) is 0.286. The molecular weight excluding hydrogens is 520 g/mol. The Morgan fingerprint density at radius 2 is 1.26 bits per heavy atom. The second-order valence-corrected chi connectivity index (χ2v) is 11.0. The van der Waals surface area contributed by atoms with Crippen LogP contribution in [0.4, 0.5) is 10.1 Å². The predicted octanol–water partition coefficient (Wildman–Crippen LogP) is 4.51. The van der Waals surface area contributed by atoms with Crippen molar-refractivity contribution in [3.05, 3.63) is 92.8 Å². The van der Waals surface area contributed by atoms with E-state index >= 15 is 0 Å². The molecule has 0 aliphatic rings. The second-order valence-electron chi connectivity index (χ2n) is 8.78. The zero-order chi connectivity index (χ0) is 26.7. The molecule has 0 atom stereocenters. The number of thiophene rings is 1. The Bertz CT molecular complexity index is 1260. The quantitative estimate of drug-likeness (QED) is 0.182. The molecule has 2 aromatic heterocycles. The molecule has 38 heavy (non-hydrogen) atoms. The summed E-state index contributed by atoms with van der Waals surface area (Å²) in [6.07, 6.45) is 3.98. The largest absolute Gasteiger partial charge is 0.392 e. The van der Waals surface area contributed by atoms with E-state index in [1.165, 1.54) is 16.2 Å². The number of hydrogen-bond donors (Lipinski definition) is 4. The van der Waals surface area contributed by atoms with Crippen LogP contribution in [0.3, 0.4) is 0 Å². The van der Waals surface area contributed by atoms with E-state index < -0.39 is 0 Å². The lowest BCUT2D eigenvalue weighted by atomic mass is 10.1. The smallest absolute Gasteiger partial charge is 0.230 e. The molecule has 0 unspecified atom stereocenters. The number of unbranched alkanes of at least 4 members (excludes halogenated alkanes) is 1. The second kappa shape index (κ2) is 13.9. The average molecular weight is 551 g/mol. The van der Waals surface area contributed by atoms with Crippen molar-refractivity contribution in [3.63, 3.8) is 0 Å². The van der Waals surface area contributed by atoms with Crippen molar-refractivity contribution in [1.82, 2.24) is 10.2 Å². The molecule has 4 aromatic rings. The number of aliphatic hydroxyl groups excluding tert-OH is 2. The van der Waals surface area contributed by atoms with Gasteiger partial charge in [-0.3, -0.25) is 9.59 Å². The summed E-state index contributed by atoms with van der Waals surface area (Å²) < 4.78 is 0. The van der Waals surface area contributed by atoms with E-state index in [2.05, 4.69) is 20.8 Å². The van der Waals surface area contributed by atoms with Crippen LogP contribution in [0.1, 0.15) is 45.0 Å². The van der Waals surface area contributed by atoms with Gasteiger partial charge in [0.1, 0.15) is 5.01 Å². The summed E-state index contributed by atoms with van der Waals surface area (Å²) >= 11 is 2.95. The summed E-state index contributed by atoms with van der Waals surface area (Å²) in [5.74, 6) is -0.289. The maximum absolute atomic E-state index is 12.4. The first-order valence-electron chi connectivity index (χ1n) is 12.4. The lowest BCUT2D eigenvalue weighted by Gasteiger charge is -2.07. The van der Waals surface area contributed by atoms with E-state index in [0.717, 1.165) is 57.9 Å². The van der Waals surface area contributed by atoms with Gasteiger partial charge in [0, 0.05) is 11.3 Å². The van der Waals surface area contributed by atoms with E-state index in [0.29, 0.717) is 5.13 Å². The van der Waals surface area contributed by atoms with Crippen LogP contribution in [0, 0.1) is 0 Å². The number of nitrogens with zero attached hydrogens (tertiary/aromatic N) is 2. The number of carbonyl (C=O) groups is 2. The molecule has 0 aliphatic carbocycles. The number of amides is 2. The SMILES string of the molecule is O=C(Cc1ccccc1CO)Nc1ccc(CCCCc2nnc(NC(=O)Cc3ccccc3CO)s2)s1. The van der Waals surface area contributed by atoms with Crippen molar-refractivity contribution in [2.45, 2.75) is 51.7 Å². The first kappa shape index (κ1) is 27.6. The third kappa shape index (κ3) is 8.03. The van der Waals surface area contributed by atoms with Gasteiger partial charge in [-0.15, -0.1) is 21.5 Å². The molecule has 8 nitrogen and oxygen atoms in total. The average Bonchev–Trinajstić information content (AvgIpc) is 3.56. The summed E-state index contributed by atoms with van der Waals surface area (Å²) in [6, 6.07) is 18.7. The fourth-order valence-electron chi connectivity index (χ4n) is 4.02. The number of aryl methyl sites for hydroxylation is 2. The number of aromatic nitrogens is 2. The molecule has 0 fully saturated rings. The number of aliphatic hydroxyl groups is 2. The van der Waals surface area contributed by atoms with Crippen LogP contribution in [0.25, 0.3) is 0 Å². The molecule has 0 saturated carbocycles. The van der Waals surface area contributed by atoms with Gasteiger partial charge in [0.15, 0.2) is 0 Å². The molecule has 10 heteroatoms. The fourth-order valence-corrected chi connectivity index (χ4v) is 5.78. The minimum atomic E-state index is -0.188. The summed E-state index contributed by atoms with van der Waals surface area (Å²) in [6.45, 7) is -0.186. The lowest BCUT2D eigenvalue weighted by molar-refractivity contribution is -0.116. The standard InChI is InChI=1S/C28H30N4O4S2/c33-17-21-9-3-1-7-19(21)15-24(35)29-26-14-13-23(37-26)11-5-6-12-27-31-32-28(38-27)30-25(36)16-20-8-2-4-10-22(20)18-34/h1-4,7-10,13-14,33-34H,5-6,11-12,15-18H2,(H,29,35)(H,30,32,36). The Balaban J connectivity index is 1.17. The van der Waals surface area contributed by atoms with Gasteiger partial charge in [-0.1, -0.05) is 59.9 Å². The molecule has 0 bridgehead atoms. The molecule has 2 aromatic carbocycles. The van der Waals surface area contributed by atoms with Gasteiger partial charge in [0.2, 0.25) is 16.9 Å². The normalized spacial score (nSPS) is 10.9. The molecule has 4 rings (SSSR count). The molecule has 2 heterocycles. The summed E-state index contributed by atoms with van der Waals surface area (Å²) in [4.78, 5) is 26.0. The topological polar surface area (TPSA) is 124 Å². The van der Waals surface area contributed by atoms with Crippen LogP contribution >= 0.6 is 22.7 Å².